The first-order valence-electron chi connectivity index (χ1n) is 5.65. The molecule has 2 aromatic heterocycles. The third-order valence-electron chi connectivity index (χ3n) is 2.38. The Labute approximate surface area is 113 Å². The summed E-state index contributed by atoms with van der Waals surface area (Å²) in [7, 11) is 0. The molecule has 0 bridgehead atoms. The van der Waals surface area contributed by atoms with Crippen molar-refractivity contribution in [2.45, 2.75) is 13.1 Å². The lowest BCUT2D eigenvalue weighted by molar-refractivity contribution is -0.137. The van der Waals surface area contributed by atoms with Crippen LogP contribution in [-0.4, -0.2) is 37.0 Å². The molecular formula is C11H12N6O3. The van der Waals surface area contributed by atoms with E-state index in [-0.39, 0.29) is 6.54 Å². The van der Waals surface area contributed by atoms with Crippen LogP contribution >= 0.6 is 0 Å². The van der Waals surface area contributed by atoms with Gasteiger partial charge in [0.1, 0.15) is 18.1 Å². The van der Waals surface area contributed by atoms with Crippen molar-refractivity contribution in [2.24, 2.45) is 5.73 Å². The van der Waals surface area contributed by atoms with Gasteiger partial charge in [-0.15, -0.1) is 5.10 Å². The second kappa shape index (κ2) is 5.78. The highest BCUT2D eigenvalue weighted by Gasteiger charge is 2.06. The first-order chi connectivity index (χ1) is 9.54. The van der Waals surface area contributed by atoms with Crippen LogP contribution < -0.4 is 11.1 Å². The van der Waals surface area contributed by atoms with Crippen LogP contribution in [0.4, 0.5) is 5.82 Å². The molecule has 0 spiro atoms. The van der Waals surface area contributed by atoms with Crippen molar-refractivity contribution in [1.82, 2.24) is 20.0 Å². The number of primary amides is 1. The molecule has 0 aromatic carbocycles. The Bertz CT molecular complexity index is 639. The fourth-order valence-corrected chi connectivity index (χ4v) is 1.50. The van der Waals surface area contributed by atoms with E-state index in [0.717, 1.165) is 0 Å². The van der Waals surface area contributed by atoms with Crippen molar-refractivity contribution < 1.29 is 14.7 Å². The van der Waals surface area contributed by atoms with Gasteiger partial charge < -0.3 is 16.2 Å². The predicted octanol–water partition coefficient (Wildman–Crippen LogP) is -0.531. The summed E-state index contributed by atoms with van der Waals surface area (Å²) in [6, 6.07) is 3.03. The van der Waals surface area contributed by atoms with Crippen molar-refractivity contribution in [3.05, 3.63) is 35.8 Å². The van der Waals surface area contributed by atoms with Crippen LogP contribution in [0.2, 0.25) is 0 Å². The number of carboxylic acid groups (broad SMARTS) is 1. The lowest BCUT2D eigenvalue weighted by atomic mass is 10.2. The number of pyridine rings is 1. The SMILES string of the molecule is NC(=O)c1ccnc(NCc2cn(CC(=O)O)nn2)c1. The second-order valence-corrected chi connectivity index (χ2v) is 3.95. The van der Waals surface area contributed by atoms with Crippen LogP contribution in [0.5, 0.6) is 0 Å². The fraction of sp³-hybridized carbons (Fsp3) is 0.182. The molecule has 0 aliphatic heterocycles. The van der Waals surface area contributed by atoms with E-state index in [1.807, 2.05) is 0 Å². The van der Waals surface area contributed by atoms with Gasteiger partial charge in [-0.3, -0.25) is 9.59 Å². The zero-order chi connectivity index (χ0) is 14.5. The number of aromatic nitrogens is 4. The number of nitrogens with zero attached hydrogens (tertiary/aromatic N) is 4. The summed E-state index contributed by atoms with van der Waals surface area (Å²) in [5.74, 6) is -1.07. The van der Waals surface area contributed by atoms with E-state index < -0.39 is 11.9 Å². The van der Waals surface area contributed by atoms with Gasteiger partial charge in [-0.05, 0) is 12.1 Å². The highest BCUT2D eigenvalue weighted by molar-refractivity contribution is 5.93. The van der Waals surface area contributed by atoms with Crippen molar-refractivity contribution in [3.8, 4) is 0 Å². The Morgan fingerprint density at radius 3 is 2.95 bits per heavy atom. The first kappa shape index (κ1) is 13.5. The highest BCUT2D eigenvalue weighted by atomic mass is 16.4. The van der Waals surface area contributed by atoms with E-state index >= 15 is 0 Å². The van der Waals surface area contributed by atoms with Gasteiger partial charge in [-0.25, -0.2) is 9.67 Å². The van der Waals surface area contributed by atoms with Gasteiger partial charge >= 0.3 is 5.97 Å². The van der Waals surface area contributed by atoms with E-state index in [4.69, 9.17) is 10.8 Å². The summed E-state index contributed by atoms with van der Waals surface area (Å²) in [5, 5.41) is 19.0. The summed E-state index contributed by atoms with van der Waals surface area (Å²) in [5.41, 5.74) is 6.06. The van der Waals surface area contributed by atoms with Crippen LogP contribution in [0.1, 0.15) is 16.1 Å². The third kappa shape index (κ3) is 3.51. The monoisotopic (exact) mass is 276 g/mol. The average Bonchev–Trinajstić information content (AvgIpc) is 2.83. The number of hydrogen-bond donors (Lipinski definition) is 3. The molecule has 0 aliphatic rings. The van der Waals surface area contributed by atoms with Gasteiger partial charge in [0.25, 0.3) is 0 Å². The van der Waals surface area contributed by atoms with Gasteiger partial charge in [0.2, 0.25) is 5.91 Å². The Hall–Kier alpha value is -2.97. The molecule has 104 valence electrons. The summed E-state index contributed by atoms with van der Waals surface area (Å²) < 4.78 is 1.21. The predicted molar refractivity (Wildman–Crippen MR) is 67.7 cm³/mol. The van der Waals surface area contributed by atoms with Gasteiger partial charge in [0, 0.05) is 11.8 Å². The lowest BCUT2D eigenvalue weighted by Crippen LogP contribution is -2.12. The largest absolute Gasteiger partial charge is 0.480 e. The van der Waals surface area contributed by atoms with Gasteiger partial charge in [0.05, 0.1) is 12.7 Å². The Kier molecular flexibility index (Phi) is 3.89. The minimum atomic E-state index is -0.995. The molecule has 9 nitrogen and oxygen atoms in total. The van der Waals surface area contributed by atoms with Crippen molar-refractivity contribution in [3.63, 3.8) is 0 Å². The van der Waals surface area contributed by atoms with E-state index in [0.29, 0.717) is 23.6 Å². The summed E-state index contributed by atoms with van der Waals surface area (Å²) in [6.07, 6.45) is 2.97. The minimum absolute atomic E-state index is 0.248. The van der Waals surface area contributed by atoms with E-state index in [9.17, 15) is 9.59 Å². The molecule has 2 rings (SSSR count). The maximum Gasteiger partial charge on any atom is 0.325 e. The molecule has 0 radical (unpaired) electrons. The number of hydrogen-bond acceptors (Lipinski definition) is 6. The smallest absolute Gasteiger partial charge is 0.325 e. The zero-order valence-electron chi connectivity index (χ0n) is 10.4. The van der Waals surface area contributed by atoms with Crippen LogP contribution in [0.3, 0.4) is 0 Å². The van der Waals surface area contributed by atoms with Gasteiger partial charge in [-0.1, -0.05) is 5.21 Å². The second-order valence-electron chi connectivity index (χ2n) is 3.95. The number of carboxylic acids is 1. The molecule has 0 atom stereocenters. The number of anilines is 1. The summed E-state index contributed by atoms with van der Waals surface area (Å²) in [4.78, 5) is 25.5. The normalized spacial score (nSPS) is 10.2. The Morgan fingerprint density at radius 1 is 1.45 bits per heavy atom. The van der Waals surface area contributed by atoms with E-state index in [1.54, 1.807) is 0 Å². The molecule has 0 aliphatic carbocycles. The lowest BCUT2D eigenvalue weighted by Gasteiger charge is -2.03. The summed E-state index contributed by atoms with van der Waals surface area (Å²) >= 11 is 0. The molecular weight excluding hydrogens is 264 g/mol. The maximum atomic E-state index is 11.0. The molecule has 0 unspecified atom stereocenters. The Morgan fingerprint density at radius 2 is 2.25 bits per heavy atom. The van der Waals surface area contributed by atoms with Crippen LogP contribution in [0.25, 0.3) is 0 Å². The molecule has 20 heavy (non-hydrogen) atoms. The first-order valence-corrected chi connectivity index (χ1v) is 5.65. The molecule has 0 fully saturated rings. The number of nitrogens with two attached hydrogens (primary N) is 1. The standard InChI is InChI=1S/C11H12N6O3/c12-11(20)7-1-2-13-9(3-7)14-4-8-5-17(16-15-8)6-10(18)19/h1-3,5H,4,6H2,(H2,12,20)(H,13,14)(H,18,19). The number of carbonyl (C=O) groups excluding carboxylic acids is 1. The highest BCUT2D eigenvalue weighted by Crippen LogP contribution is 2.07. The quantitative estimate of drug-likeness (QED) is 0.645. The van der Waals surface area contributed by atoms with Crippen molar-refractivity contribution in [1.29, 1.82) is 0 Å². The number of amides is 1. The Balaban J connectivity index is 1.98. The van der Waals surface area contributed by atoms with Gasteiger partial charge in [0.15, 0.2) is 0 Å². The molecule has 4 N–H and O–H groups in total. The molecule has 2 aromatic rings. The van der Waals surface area contributed by atoms with E-state index in [2.05, 4.69) is 20.6 Å². The maximum absolute atomic E-state index is 11.0. The molecule has 1 amide bonds. The van der Waals surface area contributed by atoms with Crippen LogP contribution in [0, 0.1) is 0 Å². The van der Waals surface area contributed by atoms with E-state index in [1.165, 1.54) is 29.2 Å². The van der Waals surface area contributed by atoms with Crippen LogP contribution in [-0.2, 0) is 17.9 Å². The van der Waals surface area contributed by atoms with Crippen molar-refractivity contribution in [2.75, 3.05) is 5.32 Å². The molecule has 0 saturated carbocycles. The number of rotatable bonds is 6. The molecule has 2 heterocycles. The number of carbonyl (C=O) groups is 2. The molecule has 0 saturated heterocycles. The third-order valence-corrected chi connectivity index (χ3v) is 2.38. The fourth-order valence-electron chi connectivity index (χ4n) is 1.50. The number of nitrogens with one attached hydrogen (secondary N) is 1. The zero-order valence-corrected chi connectivity index (χ0v) is 10.4. The molecule has 9 heteroatoms. The topological polar surface area (TPSA) is 136 Å². The van der Waals surface area contributed by atoms with Crippen LogP contribution in [0.15, 0.2) is 24.5 Å². The average molecular weight is 276 g/mol. The summed E-state index contributed by atoms with van der Waals surface area (Å²) in [6.45, 7) is 0.0528. The minimum Gasteiger partial charge on any atom is -0.480 e. The van der Waals surface area contributed by atoms with Crippen molar-refractivity contribution >= 4 is 17.7 Å². The number of aliphatic carboxylic acids is 1. The van der Waals surface area contributed by atoms with Gasteiger partial charge in [-0.2, -0.15) is 0 Å².